The summed E-state index contributed by atoms with van der Waals surface area (Å²) in [5, 5.41) is 3.51. The average molecular weight is 270 g/mol. The molecule has 0 saturated carbocycles. The van der Waals surface area contributed by atoms with E-state index in [-0.39, 0.29) is 17.7 Å². The Bertz CT molecular complexity index is 418. The Morgan fingerprint density at radius 2 is 2.11 bits per heavy atom. The molecule has 0 heterocycles. The van der Waals surface area contributed by atoms with Crippen LogP contribution in [0, 0.1) is 5.92 Å². The number of likely N-dealkylation sites (N-methyl/N-ethyl adjacent to an activating group) is 1. The summed E-state index contributed by atoms with van der Waals surface area (Å²) >= 11 is 6.08. The molecule has 100 valence electrons. The minimum atomic E-state index is -0.195. The zero-order chi connectivity index (χ0) is 13.7. The van der Waals surface area contributed by atoms with Gasteiger partial charge in [-0.1, -0.05) is 25.4 Å². The fourth-order valence-corrected chi connectivity index (χ4v) is 2.11. The van der Waals surface area contributed by atoms with Gasteiger partial charge in [0.25, 0.3) is 0 Å². The zero-order valence-electron chi connectivity index (χ0n) is 11.3. The standard InChI is InChI=1S/C14H20ClNO2/c1-5-18-12-7-6-10(8-11(12)15)14(17)13(16-4)9(2)3/h6-9,13,16H,5H2,1-4H3. The number of Topliss-reactive ketones (excluding diaryl/α,β-unsaturated/α-hetero) is 1. The highest BCUT2D eigenvalue weighted by Crippen LogP contribution is 2.26. The Kier molecular flexibility index (Phi) is 5.63. The summed E-state index contributed by atoms with van der Waals surface area (Å²) in [5.74, 6) is 0.895. The van der Waals surface area contributed by atoms with Crippen LogP contribution < -0.4 is 10.1 Å². The number of carbonyl (C=O) groups excluding carboxylic acids is 1. The van der Waals surface area contributed by atoms with E-state index in [0.29, 0.717) is 22.9 Å². The van der Waals surface area contributed by atoms with Crippen LogP contribution in [0.1, 0.15) is 31.1 Å². The Hall–Kier alpha value is -1.06. The SMILES string of the molecule is CCOc1ccc(C(=O)C(NC)C(C)C)cc1Cl. The Morgan fingerprint density at radius 1 is 1.44 bits per heavy atom. The van der Waals surface area contributed by atoms with E-state index in [1.807, 2.05) is 20.8 Å². The molecule has 0 spiro atoms. The second-order valence-electron chi connectivity index (χ2n) is 4.45. The van der Waals surface area contributed by atoms with Crippen LogP contribution in [-0.4, -0.2) is 25.5 Å². The molecule has 0 radical (unpaired) electrons. The molecule has 1 N–H and O–H groups in total. The van der Waals surface area contributed by atoms with E-state index < -0.39 is 0 Å². The third kappa shape index (κ3) is 3.47. The van der Waals surface area contributed by atoms with Gasteiger partial charge in [-0.25, -0.2) is 0 Å². The zero-order valence-corrected chi connectivity index (χ0v) is 12.0. The Morgan fingerprint density at radius 3 is 2.56 bits per heavy atom. The maximum absolute atomic E-state index is 12.3. The number of hydrogen-bond acceptors (Lipinski definition) is 3. The lowest BCUT2D eigenvalue weighted by Crippen LogP contribution is -2.38. The van der Waals surface area contributed by atoms with E-state index in [4.69, 9.17) is 16.3 Å². The minimum Gasteiger partial charge on any atom is -0.492 e. The van der Waals surface area contributed by atoms with Crippen LogP contribution in [0.25, 0.3) is 0 Å². The molecule has 0 aliphatic heterocycles. The second kappa shape index (κ2) is 6.76. The predicted molar refractivity (Wildman–Crippen MR) is 74.6 cm³/mol. The molecule has 1 aromatic rings. The van der Waals surface area contributed by atoms with Gasteiger partial charge in [0.05, 0.1) is 17.7 Å². The number of nitrogens with one attached hydrogen (secondary N) is 1. The van der Waals surface area contributed by atoms with Crippen molar-refractivity contribution in [3.8, 4) is 5.75 Å². The van der Waals surface area contributed by atoms with Gasteiger partial charge < -0.3 is 10.1 Å². The number of carbonyl (C=O) groups is 1. The van der Waals surface area contributed by atoms with Crippen LogP contribution >= 0.6 is 11.6 Å². The summed E-state index contributed by atoms with van der Waals surface area (Å²) in [4.78, 5) is 12.3. The fraction of sp³-hybridized carbons (Fsp3) is 0.500. The van der Waals surface area contributed by atoms with Gasteiger partial charge in [0.2, 0.25) is 0 Å². The molecule has 1 atom stereocenters. The van der Waals surface area contributed by atoms with Crippen molar-refractivity contribution >= 4 is 17.4 Å². The van der Waals surface area contributed by atoms with Gasteiger partial charge in [-0.15, -0.1) is 0 Å². The maximum atomic E-state index is 12.3. The number of halogens is 1. The van der Waals surface area contributed by atoms with E-state index in [0.717, 1.165) is 0 Å². The van der Waals surface area contributed by atoms with Crippen LogP contribution in [0.4, 0.5) is 0 Å². The number of ether oxygens (including phenoxy) is 1. The molecular weight excluding hydrogens is 250 g/mol. The van der Waals surface area contributed by atoms with Crippen molar-refractivity contribution in [3.05, 3.63) is 28.8 Å². The van der Waals surface area contributed by atoms with E-state index in [9.17, 15) is 4.79 Å². The fourth-order valence-electron chi connectivity index (χ4n) is 1.87. The third-order valence-electron chi connectivity index (χ3n) is 2.78. The topological polar surface area (TPSA) is 38.3 Å². The van der Waals surface area contributed by atoms with Gasteiger partial charge in [0, 0.05) is 5.56 Å². The number of ketones is 1. The summed E-state index contributed by atoms with van der Waals surface area (Å²) in [6, 6.07) is 4.97. The minimum absolute atomic E-state index is 0.0532. The first kappa shape index (κ1) is 15.0. The summed E-state index contributed by atoms with van der Waals surface area (Å²) in [7, 11) is 1.79. The van der Waals surface area contributed by atoms with Gasteiger partial charge in [-0.3, -0.25) is 4.79 Å². The predicted octanol–water partition coefficient (Wildman–Crippen LogP) is 3.17. The van der Waals surface area contributed by atoms with Crippen molar-refractivity contribution in [1.29, 1.82) is 0 Å². The molecule has 0 fully saturated rings. The third-order valence-corrected chi connectivity index (χ3v) is 3.07. The lowest BCUT2D eigenvalue weighted by Gasteiger charge is -2.19. The largest absolute Gasteiger partial charge is 0.492 e. The van der Waals surface area contributed by atoms with Crippen LogP contribution in [0.2, 0.25) is 5.02 Å². The molecule has 1 unspecified atom stereocenters. The highest BCUT2D eigenvalue weighted by molar-refractivity contribution is 6.32. The quantitative estimate of drug-likeness (QED) is 0.806. The lowest BCUT2D eigenvalue weighted by atomic mass is 9.95. The van der Waals surface area contributed by atoms with Crippen LogP contribution in [0.5, 0.6) is 5.75 Å². The van der Waals surface area contributed by atoms with Gasteiger partial charge in [-0.05, 0) is 38.1 Å². The van der Waals surface area contributed by atoms with E-state index in [1.54, 1.807) is 25.2 Å². The number of benzene rings is 1. The molecule has 0 amide bonds. The number of hydrogen-bond donors (Lipinski definition) is 1. The van der Waals surface area contributed by atoms with Crippen molar-refractivity contribution in [2.24, 2.45) is 5.92 Å². The molecule has 0 aliphatic rings. The van der Waals surface area contributed by atoms with Crippen molar-refractivity contribution in [1.82, 2.24) is 5.32 Å². The molecule has 4 heteroatoms. The van der Waals surface area contributed by atoms with Crippen molar-refractivity contribution in [2.75, 3.05) is 13.7 Å². The smallest absolute Gasteiger partial charge is 0.180 e. The molecule has 1 rings (SSSR count). The monoisotopic (exact) mass is 269 g/mol. The van der Waals surface area contributed by atoms with E-state index in [2.05, 4.69) is 5.32 Å². The first-order chi connectivity index (χ1) is 8.51. The summed E-state index contributed by atoms with van der Waals surface area (Å²) in [5.41, 5.74) is 0.608. The van der Waals surface area contributed by atoms with Crippen molar-refractivity contribution in [3.63, 3.8) is 0 Å². The highest BCUT2D eigenvalue weighted by Gasteiger charge is 2.22. The lowest BCUT2D eigenvalue weighted by molar-refractivity contribution is 0.0922. The summed E-state index contributed by atoms with van der Waals surface area (Å²) in [6.45, 7) is 6.47. The van der Waals surface area contributed by atoms with Gasteiger partial charge in [0.15, 0.2) is 5.78 Å². The van der Waals surface area contributed by atoms with Crippen LogP contribution in [0.3, 0.4) is 0 Å². The first-order valence-electron chi connectivity index (χ1n) is 6.15. The molecule has 0 saturated heterocycles. The van der Waals surface area contributed by atoms with E-state index in [1.165, 1.54) is 0 Å². The van der Waals surface area contributed by atoms with Crippen molar-refractivity contribution in [2.45, 2.75) is 26.8 Å². The van der Waals surface area contributed by atoms with Crippen molar-refractivity contribution < 1.29 is 9.53 Å². The molecule has 1 aromatic carbocycles. The molecule has 0 aliphatic carbocycles. The van der Waals surface area contributed by atoms with E-state index >= 15 is 0 Å². The normalized spacial score (nSPS) is 12.6. The Labute approximate surface area is 113 Å². The first-order valence-corrected chi connectivity index (χ1v) is 6.52. The molecule has 0 bridgehead atoms. The highest BCUT2D eigenvalue weighted by atomic mass is 35.5. The molecule has 0 aromatic heterocycles. The molecular formula is C14H20ClNO2. The number of rotatable bonds is 6. The second-order valence-corrected chi connectivity index (χ2v) is 4.86. The van der Waals surface area contributed by atoms with Gasteiger partial charge >= 0.3 is 0 Å². The molecule has 18 heavy (non-hydrogen) atoms. The summed E-state index contributed by atoms with van der Waals surface area (Å²) in [6.07, 6.45) is 0. The van der Waals surface area contributed by atoms with Gasteiger partial charge in [0.1, 0.15) is 5.75 Å². The average Bonchev–Trinajstić information content (AvgIpc) is 2.32. The van der Waals surface area contributed by atoms with Crippen LogP contribution in [-0.2, 0) is 0 Å². The maximum Gasteiger partial charge on any atom is 0.180 e. The van der Waals surface area contributed by atoms with Crippen LogP contribution in [0.15, 0.2) is 18.2 Å². The van der Waals surface area contributed by atoms with Gasteiger partial charge in [-0.2, -0.15) is 0 Å². The Balaban J connectivity index is 2.96. The summed E-state index contributed by atoms with van der Waals surface area (Å²) < 4.78 is 5.35. The molecule has 3 nitrogen and oxygen atoms in total.